The van der Waals surface area contributed by atoms with Gasteiger partial charge in [0.2, 0.25) is 10.0 Å². The van der Waals surface area contributed by atoms with Gasteiger partial charge in [-0.2, -0.15) is 4.31 Å². The minimum atomic E-state index is -3.69. The van der Waals surface area contributed by atoms with Gasteiger partial charge in [-0.25, -0.2) is 12.8 Å². The third kappa shape index (κ3) is 2.74. The van der Waals surface area contributed by atoms with Gasteiger partial charge < -0.3 is 5.73 Å². The van der Waals surface area contributed by atoms with Gasteiger partial charge in [-0.3, -0.25) is 0 Å². The van der Waals surface area contributed by atoms with Crippen LogP contribution < -0.4 is 5.73 Å². The molecule has 1 saturated heterocycles. The first kappa shape index (κ1) is 14.3. The molecule has 19 heavy (non-hydrogen) atoms. The largest absolute Gasteiger partial charge is 0.398 e. The number of hydrogen-bond acceptors (Lipinski definition) is 3. The monoisotopic (exact) mass is 286 g/mol. The lowest BCUT2D eigenvalue weighted by Gasteiger charge is -2.19. The first-order valence-electron chi connectivity index (χ1n) is 6.37. The van der Waals surface area contributed by atoms with E-state index in [0.29, 0.717) is 24.9 Å². The molecular formula is C13H19FN2O2S. The molecule has 1 atom stereocenters. The Morgan fingerprint density at radius 2 is 2.11 bits per heavy atom. The molecule has 0 bridgehead atoms. The molecule has 2 rings (SSSR count). The van der Waals surface area contributed by atoms with Crippen molar-refractivity contribution >= 4 is 15.7 Å². The van der Waals surface area contributed by atoms with Crippen LogP contribution in [0.5, 0.6) is 0 Å². The summed E-state index contributed by atoms with van der Waals surface area (Å²) in [5, 5.41) is 0. The van der Waals surface area contributed by atoms with Gasteiger partial charge in [0.1, 0.15) is 10.7 Å². The van der Waals surface area contributed by atoms with Crippen molar-refractivity contribution in [1.82, 2.24) is 4.31 Å². The van der Waals surface area contributed by atoms with E-state index in [1.807, 2.05) is 0 Å². The van der Waals surface area contributed by atoms with Gasteiger partial charge in [0.25, 0.3) is 0 Å². The summed E-state index contributed by atoms with van der Waals surface area (Å²) >= 11 is 0. The van der Waals surface area contributed by atoms with Crippen molar-refractivity contribution in [2.75, 3.05) is 18.8 Å². The van der Waals surface area contributed by atoms with Crippen molar-refractivity contribution in [2.45, 2.75) is 25.2 Å². The molecule has 0 aromatic heterocycles. The van der Waals surface area contributed by atoms with Gasteiger partial charge in [-0.1, -0.05) is 13.8 Å². The van der Waals surface area contributed by atoms with E-state index < -0.39 is 15.8 Å². The van der Waals surface area contributed by atoms with Crippen molar-refractivity contribution in [3.63, 3.8) is 0 Å². The van der Waals surface area contributed by atoms with Crippen molar-refractivity contribution in [3.8, 4) is 0 Å². The Kier molecular flexibility index (Phi) is 3.82. The first-order valence-corrected chi connectivity index (χ1v) is 7.81. The van der Waals surface area contributed by atoms with Crippen molar-refractivity contribution in [1.29, 1.82) is 0 Å². The fraction of sp³-hybridized carbons (Fsp3) is 0.538. The normalized spacial score (nSPS) is 21.2. The van der Waals surface area contributed by atoms with Gasteiger partial charge in [0, 0.05) is 13.1 Å². The lowest BCUT2D eigenvalue weighted by atomic mass is 9.96. The number of benzene rings is 1. The van der Waals surface area contributed by atoms with Crippen LogP contribution in [-0.2, 0) is 10.0 Å². The SMILES string of the molecule is CC(C)C1CCN(S(=O)(=O)c2cc(F)ccc2N)C1. The standard InChI is InChI=1S/C13H19FN2O2S/c1-9(2)10-5-6-16(8-10)19(17,18)13-7-11(14)3-4-12(13)15/h3-4,7,9-10H,5-6,8,15H2,1-2H3. The van der Waals surface area contributed by atoms with Crippen molar-refractivity contribution in [2.24, 2.45) is 11.8 Å². The zero-order chi connectivity index (χ0) is 14.2. The summed E-state index contributed by atoms with van der Waals surface area (Å²) in [6, 6.07) is 3.45. The Bertz CT molecular complexity index is 572. The molecule has 1 heterocycles. The molecular weight excluding hydrogens is 267 g/mol. The second kappa shape index (κ2) is 5.09. The van der Waals surface area contributed by atoms with Gasteiger partial charge in [-0.05, 0) is 36.5 Å². The van der Waals surface area contributed by atoms with E-state index in [2.05, 4.69) is 13.8 Å². The second-order valence-electron chi connectivity index (χ2n) is 5.34. The number of rotatable bonds is 3. The highest BCUT2D eigenvalue weighted by molar-refractivity contribution is 7.89. The summed E-state index contributed by atoms with van der Waals surface area (Å²) in [4.78, 5) is -0.128. The zero-order valence-electron chi connectivity index (χ0n) is 11.1. The number of nitrogens with zero attached hydrogens (tertiary/aromatic N) is 1. The Labute approximate surface area is 113 Å². The Morgan fingerprint density at radius 3 is 2.68 bits per heavy atom. The minimum absolute atomic E-state index is 0.0920. The van der Waals surface area contributed by atoms with E-state index in [1.165, 1.54) is 10.4 Å². The summed E-state index contributed by atoms with van der Waals surface area (Å²) in [7, 11) is -3.69. The quantitative estimate of drug-likeness (QED) is 0.865. The summed E-state index contributed by atoms with van der Waals surface area (Å²) in [6.07, 6.45) is 0.839. The maximum Gasteiger partial charge on any atom is 0.245 e. The average Bonchev–Trinajstić information content (AvgIpc) is 2.82. The lowest BCUT2D eigenvalue weighted by molar-refractivity contribution is 0.388. The molecule has 0 spiro atoms. The number of nitrogens with two attached hydrogens (primary N) is 1. The number of sulfonamides is 1. The maximum atomic E-state index is 13.2. The Hall–Kier alpha value is -1.14. The highest BCUT2D eigenvalue weighted by atomic mass is 32.2. The molecule has 0 saturated carbocycles. The third-order valence-electron chi connectivity index (χ3n) is 3.72. The molecule has 1 aromatic rings. The van der Waals surface area contributed by atoms with Crippen LogP contribution in [0.3, 0.4) is 0 Å². The van der Waals surface area contributed by atoms with Crippen molar-refractivity contribution < 1.29 is 12.8 Å². The third-order valence-corrected chi connectivity index (χ3v) is 5.64. The first-order chi connectivity index (χ1) is 8.82. The smallest absolute Gasteiger partial charge is 0.245 e. The van der Waals surface area contributed by atoms with Crippen LogP contribution in [0.25, 0.3) is 0 Å². The summed E-state index contributed by atoms with van der Waals surface area (Å²) in [6.45, 7) is 5.12. The topological polar surface area (TPSA) is 63.4 Å². The van der Waals surface area contributed by atoms with Crippen LogP contribution in [0.2, 0.25) is 0 Å². The fourth-order valence-corrected chi connectivity index (χ4v) is 4.03. The van der Waals surface area contributed by atoms with E-state index in [-0.39, 0.29) is 10.6 Å². The molecule has 1 fully saturated rings. The highest BCUT2D eigenvalue weighted by Gasteiger charge is 2.34. The molecule has 106 valence electrons. The number of nitrogen functional groups attached to an aromatic ring is 1. The van der Waals surface area contributed by atoms with Crippen LogP contribution >= 0.6 is 0 Å². The zero-order valence-corrected chi connectivity index (χ0v) is 12.0. The summed E-state index contributed by atoms with van der Waals surface area (Å²) in [5.41, 5.74) is 5.76. The predicted octanol–water partition coefficient (Wildman–Crippen LogP) is 2.07. The molecule has 6 heteroatoms. The molecule has 0 radical (unpaired) electrons. The molecule has 1 aliphatic heterocycles. The lowest BCUT2D eigenvalue weighted by Crippen LogP contribution is -2.30. The van der Waals surface area contributed by atoms with E-state index in [9.17, 15) is 12.8 Å². The van der Waals surface area contributed by atoms with Gasteiger partial charge in [0.15, 0.2) is 0 Å². The molecule has 1 unspecified atom stereocenters. The molecule has 0 amide bonds. The number of halogens is 1. The van der Waals surface area contributed by atoms with E-state index in [1.54, 1.807) is 0 Å². The Balaban J connectivity index is 2.31. The Morgan fingerprint density at radius 1 is 1.42 bits per heavy atom. The van der Waals surface area contributed by atoms with Crippen LogP contribution in [-0.4, -0.2) is 25.8 Å². The van der Waals surface area contributed by atoms with Gasteiger partial charge >= 0.3 is 0 Å². The van der Waals surface area contributed by atoms with Crippen LogP contribution in [0.1, 0.15) is 20.3 Å². The number of hydrogen-bond donors (Lipinski definition) is 1. The van der Waals surface area contributed by atoms with E-state index in [0.717, 1.165) is 18.6 Å². The van der Waals surface area contributed by atoms with Gasteiger partial charge in [0.05, 0.1) is 5.69 Å². The molecule has 1 aliphatic rings. The maximum absolute atomic E-state index is 13.2. The molecule has 2 N–H and O–H groups in total. The van der Waals surface area contributed by atoms with E-state index in [4.69, 9.17) is 5.73 Å². The minimum Gasteiger partial charge on any atom is -0.398 e. The molecule has 4 nitrogen and oxygen atoms in total. The fourth-order valence-electron chi connectivity index (χ4n) is 2.39. The van der Waals surface area contributed by atoms with Crippen LogP contribution in [0.15, 0.2) is 23.1 Å². The molecule has 1 aromatic carbocycles. The van der Waals surface area contributed by atoms with Gasteiger partial charge in [-0.15, -0.1) is 0 Å². The summed E-state index contributed by atoms with van der Waals surface area (Å²) in [5.74, 6) is 0.196. The average molecular weight is 286 g/mol. The van der Waals surface area contributed by atoms with Crippen LogP contribution in [0, 0.1) is 17.7 Å². The molecule has 0 aliphatic carbocycles. The second-order valence-corrected chi connectivity index (χ2v) is 7.24. The van der Waals surface area contributed by atoms with Crippen molar-refractivity contribution in [3.05, 3.63) is 24.0 Å². The summed E-state index contributed by atoms with van der Waals surface area (Å²) < 4.78 is 39.5. The van der Waals surface area contributed by atoms with E-state index >= 15 is 0 Å². The van der Waals surface area contributed by atoms with Crippen LogP contribution in [0.4, 0.5) is 10.1 Å². The number of anilines is 1. The highest BCUT2D eigenvalue weighted by Crippen LogP contribution is 2.30. The predicted molar refractivity (Wildman–Crippen MR) is 72.5 cm³/mol.